The van der Waals surface area contributed by atoms with Crippen molar-refractivity contribution in [1.82, 2.24) is 9.62 Å². The molecule has 0 aromatic heterocycles. The molecule has 6 heteroatoms. The number of nitrogens with zero attached hydrogens (tertiary/aromatic N) is 2. The van der Waals surface area contributed by atoms with Crippen LogP contribution < -0.4 is 4.72 Å². The number of nitrogens with one attached hydrogen (secondary N) is 1. The molecule has 0 heterocycles. The molecule has 1 unspecified atom stereocenters. The van der Waals surface area contributed by atoms with Gasteiger partial charge in [0, 0.05) is 19.1 Å². The van der Waals surface area contributed by atoms with Crippen LogP contribution in [0.4, 0.5) is 0 Å². The fourth-order valence-electron chi connectivity index (χ4n) is 1.76. The Bertz CT molecular complexity index is 578. The minimum absolute atomic E-state index is 0.0358. The molecule has 5 nitrogen and oxygen atoms in total. The molecule has 0 amide bonds. The van der Waals surface area contributed by atoms with Gasteiger partial charge >= 0.3 is 0 Å². The highest BCUT2D eigenvalue weighted by Crippen LogP contribution is 2.13. The summed E-state index contributed by atoms with van der Waals surface area (Å²) in [4.78, 5) is 2.13. The second-order valence-corrected chi connectivity index (χ2v) is 6.48. The van der Waals surface area contributed by atoms with Crippen molar-refractivity contribution in [3.8, 4) is 6.07 Å². The standard InChI is InChI=1S/C14H21N3O2S/c1-4-12(2)17(3)10-9-16-20(18,19)14-8-6-5-7-13(14)11-15/h5-8,12,16H,4,9-10H2,1-3H3. The first-order valence-corrected chi connectivity index (χ1v) is 8.09. The first-order chi connectivity index (χ1) is 9.42. The van der Waals surface area contributed by atoms with Gasteiger partial charge < -0.3 is 4.90 Å². The molecule has 1 aromatic carbocycles. The van der Waals surface area contributed by atoms with E-state index in [1.165, 1.54) is 12.1 Å². The zero-order valence-corrected chi connectivity index (χ0v) is 12.9. The molecule has 0 aliphatic heterocycles. The lowest BCUT2D eigenvalue weighted by molar-refractivity contribution is 0.256. The Labute approximate surface area is 121 Å². The average Bonchev–Trinajstić information content (AvgIpc) is 2.45. The second-order valence-electron chi connectivity index (χ2n) is 4.74. The van der Waals surface area contributed by atoms with Crippen molar-refractivity contribution < 1.29 is 8.42 Å². The molecular weight excluding hydrogens is 274 g/mol. The fraction of sp³-hybridized carbons (Fsp3) is 0.500. The summed E-state index contributed by atoms with van der Waals surface area (Å²) in [5, 5.41) is 8.95. The van der Waals surface area contributed by atoms with E-state index in [-0.39, 0.29) is 10.5 Å². The first kappa shape index (κ1) is 16.6. The average molecular weight is 295 g/mol. The van der Waals surface area contributed by atoms with Crippen LogP contribution in [0.3, 0.4) is 0 Å². The summed E-state index contributed by atoms with van der Waals surface area (Å²) in [5.41, 5.74) is 0.162. The zero-order valence-electron chi connectivity index (χ0n) is 12.1. The molecule has 0 saturated heterocycles. The van der Waals surface area contributed by atoms with Crippen LogP contribution in [0.5, 0.6) is 0 Å². The summed E-state index contributed by atoms with van der Waals surface area (Å²) in [6, 6.07) is 8.51. The Kier molecular flexibility index (Phi) is 6.14. The van der Waals surface area contributed by atoms with Gasteiger partial charge in [-0.15, -0.1) is 0 Å². The smallest absolute Gasteiger partial charge is 0.241 e. The molecule has 0 bridgehead atoms. The lowest BCUT2D eigenvalue weighted by Gasteiger charge is -2.23. The van der Waals surface area contributed by atoms with Gasteiger partial charge in [-0.2, -0.15) is 5.26 Å². The van der Waals surface area contributed by atoms with Gasteiger partial charge in [0.1, 0.15) is 6.07 Å². The number of hydrogen-bond acceptors (Lipinski definition) is 4. The highest BCUT2D eigenvalue weighted by Gasteiger charge is 2.18. The lowest BCUT2D eigenvalue weighted by atomic mass is 10.2. The molecule has 0 fully saturated rings. The summed E-state index contributed by atoms with van der Waals surface area (Å²) < 4.78 is 26.8. The van der Waals surface area contributed by atoms with Gasteiger partial charge in [-0.25, -0.2) is 13.1 Å². The largest absolute Gasteiger partial charge is 0.302 e. The van der Waals surface area contributed by atoms with E-state index in [0.717, 1.165) is 6.42 Å². The Morgan fingerprint density at radius 1 is 1.40 bits per heavy atom. The van der Waals surface area contributed by atoms with Gasteiger partial charge in [0.15, 0.2) is 0 Å². The van der Waals surface area contributed by atoms with Gasteiger partial charge in [-0.05, 0) is 32.5 Å². The number of rotatable bonds is 7. The molecule has 0 saturated carbocycles. The van der Waals surface area contributed by atoms with Crippen LogP contribution in [0.25, 0.3) is 0 Å². The maximum atomic E-state index is 12.2. The van der Waals surface area contributed by atoms with Gasteiger partial charge in [0.05, 0.1) is 10.5 Å². The summed E-state index contributed by atoms with van der Waals surface area (Å²) in [6.07, 6.45) is 1.01. The third-order valence-electron chi connectivity index (χ3n) is 3.40. The number of hydrogen-bond donors (Lipinski definition) is 1. The fourth-order valence-corrected chi connectivity index (χ4v) is 2.94. The highest BCUT2D eigenvalue weighted by molar-refractivity contribution is 7.89. The van der Waals surface area contributed by atoms with Crippen LogP contribution in [-0.2, 0) is 10.0 Å². The molecule has 0 aliphatic rings. The topological polar surface area (TPSA) is 73.2 Å². The third kappa shape index (κ3) is 4.30. The number of benzene rings is 1. The molecule has 1 atom stereocenters. The second kappa shape index (κ2) is 7.39. The maximum absolute atomic E-state index is 12.2. The van der Waals surface area contributed by atoms with E-state index in [1.807, 2.05) is 13.1 Å². The summed E-state index contributed by atoms with van der Waals surface area (Å²) in [6.45, 7) is 5.14. The molecular formula is C14H21N3O2S. The van der Waals surface area contributed by atoms with Crippen LogP contribution in [0.1, 0.15) is 25.8 Å². The maximum Gasteiger partial charge on any atom is 0.241 e. The van der Waals surface area contributed by atoms with Crippen LogP contribution >= 0.6 is 0 Å². The van der Waals surface area contributed by atoms with Gasteiger partial charge in [0.2, 0.25) is 10.0 Å². The molecule has 1 N–H and O–H groups in total. The van der Waals surface area contributed by atoms with E-state index >= 15 is 0 Å². The SMILES string of the molecule is CCC(C)N(C)CCNS(=O)(=O)c1ccccc1C#N. The number of nitriles is 1. The van der Waals surface area contributed by atoms with Gasteiger partial charge in [0.25, 0.3) is 0 Å². The predicted molar refractivity (Wildman–Crippen MR) is 78.7 cm³/mol. The molecule has 0 aliphatic carbocycles. The van der Waals surface area contributed by atoms with Crippen LogP contribution in [0, 0.1) is 11.3 Å². The highest BCUT2D eigenvalue weighted by atomic mass is 32.2. The number of sulfonamides is 1. The van der Waals surface area contributed by atoms with Crippen LogP contribution in [0.15, 0.2) is 29.2 Å². The Hall–Kier alpha value is -1.42. The first-order valence-electron chi connectivity index (χ1n) is 6.61. The van der Waals surface area contributed by atoms with E-state index < -0.39 is 10.0 Å². The molecule has 20 heavy (non-hydrogen) atoms. The summed E-state index contributed by atoms with van der Waals surface area (Å²) in [7, 11) is -1.67. The van der Waals surface area contributed by atoms with Crippen molar-refractivity contribution in [3.63, 3.8) is 0 Å². The van der Waals surface area contributed by atoms with Crippen molar-refractivity contribution >= 4 is 10.0 Å². The molecule has 1 aromatic rings. The van der Waals surface area contributed by atoms with E-state index in [4.69, 9.17) is 5.26 Å². The zero-order chi connectivity index (χ0) is 15.2. The van der Waals surface area contributed by atoms with Gasteiger partial charge in [-0.3, -0.25) is 0 Å². The van der Waals surface area contributed by atoms with Crippen molar-refractivity contribution in [2.45, 2.75) is 31.2 Å². The Morgan fingerprint density at radius 2 is 2.05 bits per heavy atom. The Balaban J connectivity index is 2.70. The minimum Gasteiger partial charge on any atom is -0.302 e. The predicted octanol–water partition coefficient (Wildman–Crippen LogP) is 1.57. The normalized spacial score (nSPS) is 13.2. The van der Waals surface area contributed by atoms with E-state index in [2.05, 4.69) is 23.5 Å². The van der Waals surface area contributed by atoms with Crippen molar-refractivity contribution in [2.75, 3.05) is 20.1 Å². The lowest BCUT2D eigenvalue weighted by Crippen LogP contribution is -2.37. The molecule has 1 rings (SSSR count). The quantitative estimate of drug-likeness (QED) is 0.828. The van der Waals surface area contributed by atoms with Crippen LogP contribution in [-0.4, -0.2) is 39.5 Å². The minimum atomic E-state index is -3.63. The number of likely N-dealkylation sites (N-methyl/N-ethyl adjacent to an activating group) is 1. The van der Waals surface area contributed by atoms with Crippen LogP contribution in [0.2, 0.25) is 0 Å². The van der Waals surface area contributed by atoms with Crippen molar-refractivity contribution in [2.24, 2.45) is 0 Å². The van der Waals surface area contributed by atoms with Crippen molar-refractivity contribution in [1.29, 1.82) is 5.26 Å². The van der Waals surface area contributed by atoms with E-state index in [0.29, 0.717) is 19.1 Å². The van der Waals surface area contributed by atoms with Gasteiger partial charge in [-0.1, -0.05) is 19.1 Å². The van der Waals surface area contributed by atoms with E-state index in [1.54, 1.807) is 12.1 Å². The van der Waals surface area contributed by atoms with Crippen molar-refractivity contribution in [3.05, 3.63) is 29.8 Å². The summed E-state index contributed by atoms with van der Waals surface area (Å²) >= 11 is 0. The molecule has 0 spiro atoms. The monoisotopic (exact) mass is 295 g/mol. The molecule has 110 valence electrons. The Morgan fingerprint density at radius 3 is 2.65 bits per heavy atom. The molecule has 0 radical (unpaired) electrons. The summed E-state index contributed by atoms with van der Waals surface area (Å²) in [5.74, 6) is 0. The third-order valence-corrected chi connectivity index (χ3v) is 4.92. The van der Waals surface area contributed by atoms with E-state index in [9.17, 15) is 8.42 Å².